The molecule has 0 spiro atoms. The molecule has 1 aliphatic rings. The van der Waals surface area contributed by atoms with Crippen LogP contribution in [0.15, 0.2) is 0 Å². The Morgan fingerprint density at radius 2 is 2.38 bits per heavy atom. The largest absolute Gasteiger partial charge is 0.358 e. The molecule has 0 radical (unpaired) electrons. The van der Waals surface area contributed by atoms with E-state index < -0.39 is 12.3 Å². The predicted octanol–water partition coefficient (Wildman–Crippen LogP) is 0.381. The minimum atomic E-state index is -0.478. The fourth-order valence-electron chi connectivity index (χ4n) is 1.67. The smallest absolute Gasteiger partial charge is 0.317 e. The number of amides is 2. The number of halogens is 1. The molecular weight excluding hydrogens is 341 g/mol. The summed E-state index contributed by atoms with van der Waals surface area (Å²) in [5.41, 5.74) is 0. The Hall–Kier alpha value is 0.285. The third-order valence-corrected chi connectivity index (χ3v) is 2.87. The van der Waals surface area contributed by atoms with Gasteiger partial charge in [-0.25, -0.2) is 0 Å². The van der Waals surface area contributed by atoms with Crippen LogP contribution in [-0.2, 0) is 14.3 Å². The van der Waals surface area contributed by atoms with Crippen molar-refractivity contribution in [2.75, 3.05) is 6.61 Å². The summed E-state index contributed by atoms with van der Waals surface area (Å²) in [6, 6.07) is -0.421. The molecule has 1 heterocycles. The molecule has 1 aliphatic heterocycles. The first kappa shape index (κ1) is 14.3. The lowest BCUT2D eigenvalue weighted by Crippen LogP contribution is -2.45. The molecule has 0 aromatic heterocycles. The Morgan fingerprint density at radius 1 is 1.75 bits per heavy atom. The molecule has 1 fully saturated rings. The van der Waals surface area contributed by atoms with Gasteiger partial charge >= 0.3 is 4.42 Å². The van der Waals surface area contributed by atoms with Crippen LogP contribution in [-0.4, -0.2) is 40.0 Å². The van der Waals surface area contributed by atoms with Gasteiger partial charge in [-0.15, -0.1) is 31.5 Å². The van der Waals surface area contributed by atoms with Crippen LogP contribution >= 0.6 is 31.5 Å². The van der Waals surface area contributed by atoms with Crippen LogP contribution in [0, 0.1) is 0 Å². The van der Waals surface area contributed by atoms with E-state index in [1.807, 2.05) is 6.92 Å². The lowest BCUT2D eigenvalue weighted by atomic mass is 10.2. The van der Waals surface area contributed by atoms with E-state index in [-0.39, 0.29) is 22.7 Å². The van der Waals surface area contributed by atoms with Gasteiger partial charge in [-0.2, -0.15) is 0 Å². The molecule has 3 atom stereocenters. The quantitative estimate of drug-likeness (QED) is 0.335. The van der Waals surface area contributed by atoms with Crippen LogP contribution in [0.2, 0.25) is 0 Å². The fraction of sp³-hybridized carbons (Fsp3) is 0.750. The Kier molecular flexibility index (Phi) is 5.63. The first-order chi connectivity index (χ1) is 7.47. The van der Waals surface area contributed by atoms with E-state index in [9.17, 15) is 9.59 Å². The molecule has 0 aliphatic carbocycles. The van der Waals surface area contributed by atoms with Gasteiger partial charge in [0.15, 0.2) is 0 Å². The highest BCUT2D eigenvalue weighted by Crippen LogP contribution is 2.18. The molecule has 1 saturated heterocycles. The van der Waals surface area contributed by atoms with Crippen molar-refractivity contribution in [2.24, 2.45) is 0 Å². The summed E-state index contributed by atoms with van der Waals surface area (Å²) in [5.74, 6) is -0.374. The van der Waals surface area contributed by atoms with Crippen LogP contribution in [0.25, 0.3) is 0 Å². The number of hydrogen-bond donors (Lipinski definition) is 1. The third kappa shape index (κ3) is 3.39. The topological polar surface area (TPSA) is 58.6 Å². The van der Waals surface area contributed by atoms with Crippen LogP contribution in [0.3, 0.4) is 0 Å². The Bertz CT molecular complexity index is 292. The highest BCUT2D eigenvalue weighted by Gasteiger charge is 2.41. The Morgan fingerprint density at radius 3 is 2.88 bits per heavy atom. The Balaban J connectivity index is 2.67. The summed E-state index contributed by atoms with van der Waals surface area (Å²) in [5, 5.41) is 3.03. The summed E-state index contributed by atoms with van der Waals surface area (Å²) >= 11 is 2.13. The van der Waals surface area contributed by atoms with Crippen LogP contribution in [0.4, 0.5) is 0 Å². The first-order valence-electron chi connectivity index (χ1n) is 5.10. The number of carbonyl (C=O) groups excluding carboxylic acids is 2. The number of likely N-dealkylation sites (tertiary alicyclic amines) is 1. The van der Waals surface area contributed by atoms with Crippen LogP contribution in [0.1, 0.15) is 20.3 Å². The summed E-state index contributed by atoms with van der Waals surface area (Å²) in [7, 11) is 2.53. The zero-order valence-electron chi connectivity index (χ0n) is 9.27. The molecule has 1 rings (SSSR count). The van der Waals surface area contributed by atoms with Gasteiger partial charge in [-0.05, 0) is 13.8 Å². The maximum atomic E-state index is 11.9. The maximum absolute atomic E-state index is 11.9. The van der Waals surface area contributed by atoms with Gasteiger partial charge in [0.1, 0.15) is 6.23 Å². The van der Waals surface area contributed by atoms with Crippen molar-refractivity contribution < 1.29 is 14.3 Å². The van der Waals surface area contributed by atoms with E-state index in [0.29, 0.717) is 6.61 Å². The highest BCUT2D eigenvalue weighted by atomic mass is 127. The van der Waals surface area contributed by atoms with E-state index in [0.717, 1.165) is 0 Å². The van der Waals surface area contributed by atoms with Crippen LogP contribution in [0.5, 0.6) is 0 Å². The number of ether oxygens (including phenoxy) is 1. The average molecular weight is 356 g/mol. The molecule has 0 saturated carbocycles. The van der Waals surface area contributed by atoms with Gasteiger partial charge in [0.05, 0.1) is 12.5 Å². The molecule has 5 nitrogen and oxygen atoms in total. The average Bonchev–Trinajstić information content (AvgIpc) is 2.41. The number of nitrogens with zero attached hydrogens (tertiary/aromatic N) is 1. The first-order valence-corrected chi connectivity index (χ1v) is 7.01. The van der Waals surface area contributed by atoms with Gasteiger partial charge in [-0.1, -0.05) is 0 Å². The van der Waals surface area contributed by atoms with Gasteiger partial charge < -0.3 is 9.96 Å². The van der Waals surface area contributed by atoms with Gasteiger partial charge in [-0.3, -0.25) is 14.5 Å². The van der Waals surface area contributed by atoms with Crippen molar-refractivity contribution in [2.45, 2.75) is 32.5 Å². The molecule has 1 N–H and O–H groups in total. The maximum Gasteiger partial charge on any atom is 0.317 e. The van der Waals surface area contributed by atoms with Crippen molar-refractivity contribution >= 4 is 47.7 Å². The highest BCUT2D eigenvalue weighted by molar-refractivity contribution is 14.1. The molecule has 0 aromatic rings. The van der Waals surface area contributed by atoms with Gasteiger partial charge in [0.2, 0.25) is 11.8 Å². The minimum absolute atomic E-state index is 0.0710. The number of rotatable bonds is 5. The van der Waals surface area contributed by atoms with Crippen LogP contribution < -0.4 is 5.23 Å². The molecule has 2 amide bonds. The van der Waals surface area contributed by atoms with Crippen molar-refractivity contribution in [3.05, 3.63) is 0 Å². The SMILES string of the molecule is CCOC(C)N1C(=O)CC(NB(P)I)C1=O. The number of nitrogens with one attached hydrogen (secondary N) is 1. The predicted molar refractivity (Wildman–Crippen MR) is 74.0 cm³/mol. The second-order valence-electron chi connectivity index (χ2n) is 3.48. The molecule has 16 heavy (non-hydrogen) atoms. The molecule has 0 bridgehead atoms. The minimum Gasteiger partial charge on any atom is -0.358 e. The summed E-state index contributed by atoms with van der Waals surface area (Å²) < 4.78 is 5.34. The summed E-state index contributed by atoms with van der Waals surface area (Å²) in [4.78, 5) is 24.8. The molecule has 8 heteroatoms. The molecule has 3 unspecified atom stereocenters. The number of hydrogen-bond acceptors (Lipinski definition) is 4. The molecule has 0 aromatic carbocycles. The second-order valence-corrected chi connectivity index (χ2v) is 6.85. The Labute approximate surface area is 111 Å². The van der Waals surface area contributed by atoms with Crippen molar-refractivity contribution in [3.8, 4) is 0 Å². The van der Waals surface area contributed by atoms with Gasteiger partial charge in [0, 0.05) is 6.61 Å². The monoisotopic (exact) mass is 356 g/mol. The third-order valence-electron chi connectivity index (χ3n) is 2.31. The van der Waals surface area contributed by atoms with E-state index in [2.05, 4.69) is 36.7 Å². The van der Waals surface area contributed by atoms with Crippen molar-refractivity contribution in [3.63, 3.8) is 0 Å². The van der Waals surface area contributed by atoms with E-state index in [1.165, 1.54) is 4.90 Å². The second kappa shape index (κ2) is 6.28. The number of carbonyl (C=O) groups is 2. The standard InChI is InChI=1S/C8H15BIN2O3P/c1-3-15-5(2)12-7(13)4-6(8(12)14)11-9(10)16/h5-6,11H,3-4,16H2,1-2H3. The van der Waals surface area contributed by atoms with E-state index >= 15 is 0 Å². The molecular formula is C8H15BIN2O3P. The lowest BCUT2D eigenvalue weighted by Gasteiger charge is -2.22. The zero-order valence-corrected chi connectivity index (χ0v) is 12.6. The van der Waals surface area contributed by atoms with E-state index in [4.69, 9.17) is 4.74 Å². The zero-order chi connectivity index (χ0) is 12.3. The van der Waals surface area contributed by atoms with E-state index in [1.54, 1.807) is 6.92 Å². The lowest BCUT2D eigenvalue weighted by molar-refractivity contribution is -0.152. The van der Waals surface area contributed by atoms with Crippen molar-refractivity contribution in [1.29, 1.82) is 0 Å². The number of imide groups is 1. The van der Waals surface area contributed by atoms with Gasteiger partial charge in [0.25, 0.3) is 0 Å². The van der Waals surface area contributed by atoms with Crippen molar-refractivity contribution in [1.82, 2.24) is 10.1 Å². The fourth-order valence-corrected chi connectivity index (χ4v) is 2.34. The summed E-state index contributed by atoms with van der Waals surface area (Å²) in [6.45, 7) is 4.03. The summed E-state index contributed by atoms with van der Waals surface area (Å²) in [6.07, 6.45) is -0.265. The normalized spacial score (nSPS) is 22.8. The molecule has 90 valence electrons.